The molecule has 5 rings (SSSR count). The van der Waals surface area contributed by atoms with Crippen LogP contribution in [0.3, 0.4) is 0 Å². The van der Waals surface area contributed by atoms with Gasteiger partial charge in [0.05, 0.1) is 24.1 Å². The Bertz CT molecular complexity index is 1470. The lowest BCUT2D eigenvalue weighted by Crippen LogP contribution is -2.61. The topological polar surface area (TPSA) is 169 Å². The molecule has 0 bridgehead atoms. The summed E-state index contributed by atoms with van der Waals surface area (Å²) in [6, 6.07) is 0. The summed E-state index contributed by atoms with van der Waals surface area (Å²) < 4.78 is 23.5. The van der Waals surface area contributed by atoms with Gasteiger partial charge in [-0.3, -0.25) is 14.4 Å². The quantitative estimate of drug-likeness (QED) is 0.155. The van der Waals surface area contributed by atoms with Crippen LogP contribution >= 0.6 is 0 Å². The molecule has 50 heavy (non-hydrogen) atoms. The number of aliphatic hydroxyl groups excluding tert-OH is 2. The van der Waals surface area contributed by atoms with Crippen LogP contribution in [0.25, 0.3) is 0 Å². The lowest BCUT2D eigenvalue weighted by atomic mass is 9.39. The summed E-state index contributed by atoms with van der Waals surface area (Å²) in [5, 5.41) is 44.9. The molecular weight excluding hydrogens is 644 g/mol. The second kappa shape index (κ2) is 12.8. The fourth-order valence-corrected chi connectivity index (χ4v) is 10.7. The van der Waals surface area contributed by atoms with E-state index in [-0.39, 0.29) is 29.3 Å². The van der Waals surface area contributed by atoms with Crippen LogP contribution in [0.2, 0.25) is 0 Å². The van der Waals surface area contributed by atoms with Crippen molar-refractivity contribution in [1.29, 1.82) is 0 Å². The van der Waals surface area contributed by atoms with Gasteiger partial charge in [-0.25, -0.2) is 0 Å². The van der Waals surface area contributed by atoms with Crippen molar-refractivity contribution in [2.45, 2.75) is 143 Å². The summed E-state index contributed by atoms with van der Waals surface area (Å²) >= 11 is 0. The van der Waals surface area contributed by atoms with Crippen LogP contribution in [0.1, 0.15) is 101 Å². The maximum atomic E-state index is 14.0. The molecule has 4 N–H and O–H groups in total. The lowest BCUT2D eigenvalue weighted by molar-refractivity contribution is -0.296. The van der Waals surface area contributed by atoms with Gasteiger partial charge < -0.3 is 39.4 Å². The van der Waals surface area contributed by atoms with Gasteiger partial charge in [-0.1, -0.05) is 52.3 Å². The van der Waals surface area contributed by atoms with Crippen molar-refractivity contribution in [3.8, 4) is 0 Å². The van der Waals surface area contributed by atoms with Crippen molar-refractivity contribution < 1.29 is 53.8 Å². The number of fused-ring (bicyclic) bond motifs is 5. The van der Waals surface area contributed by atoms with Crippen molar-refractivity contribution in [2.24, 2.45) is 39.4 Å². The number of rotatable bonds is 8. The molecule has 1 aliphatic heterocycles. The number of carbonyl (C=O) groups is 3. The Morgan fingerprint density at radius 2 is 1.60 bits per heavy atom. The standard InChI is InChI=1S/C39H58O11/c1-21(40)48-27-20-47-33(31(30(27)44)49-22(2)41)50-26-19-38(9)28-12-11-24-25(17-23(42)18-34(24,3)4)36(28,7)15-16-37(38,8)32(26)39(10,46)29(43)13-14-35(5,6)45/h11,13-14,17,25-28,30-33,42,44-46H,12,15-16,18-20H2,1-10H3/b14-13+/t25-,26?,27?,28+,30?,31?,32?,33?,36+,37+,38-,39?/m0/s1. The van der Waals surface area contributed by atoms with Crippen molar-refractivity contribution in [1.82, 2.24) is 0 Å². The van der Waals surface area contributed by atoms with Crippen molar-refractivity contribution >= 4 is 17.7 Å². The number of ketones is 1. The molecule has 0 aromatic heterocycles. The van der Waals surface area contributed by atoms with Crippen LogP contribution in [0.4, 0.5) is 0 Å². The first-order valence-electron chi connectivity index (χ1n) is 18.0. The zero-order valence-electron chi connectivity index (χ0n) is 31.3. The first kappa shape index (κ1) is 38.7. The molecule has 4 aliphatic carbocycles. The molecule has 0 aromatic carbocycles. The van der Waals surface area contributed by atoms with E-state index >= 15 is 0 Å². The third-order valence-corrected chi connectivity index (χ3v) is 13.2. The highest BCUT2D eigenvalue weighted by Gasteiger charge is 2.72. The minimum atomic E-state index is -1.96. The summed E-state index contributed by atoms with van der Waals surface area (Å²) in [6.07, 6.45) is 4.14. The predicted octanol–water partition coefficient (Wildman–Crippen LogP) is 4.87. The van der Waals surface area contributed by atoms with E-state index in [2.05, 4.69) is 40.7 Å². The van der Waals surface area contributed by atoms with Gasteiger partial charge in [0, 0.05) is 32.1 Å². The Kier molecular flexibility index (Phi) is 9.92. The molecule has 11 nitrogen and oxygen atoms in total. The summed E-state index contributed by atoms with van der Waals surface area (Å²) in [4.78, 5) is 37.9. The van der Waals surface area contributed by atoms with Crippen LogP contribution in [0, 0.1) is 39.4 Å². The Morgan fingerprint density at radius 3 is 2.20 bits per heavy atom. The molecule has 280 valence electrons. The van der Waals surface area contributed by atoms with E-state index in [1.54, 1.807) is 13.8 Å². The van der Waals surface area contributed by atoms with Crippen LogP contribution in [-0.2, 0) is 33.3 Å². The molecule has 0 radical (unpaired) electrons. The van der Waals surface area contributed by atoms with E-state index in [1.807, 2.05) is 6.08 Å². The van der Waals surface area contributed by atoms with Gasteiger partial charge in [0.15, 0.2) is 24.3 Å². The van der Waals surface area contributed by atoms with Crippen molar-refractivity contribution in [2.75, 3.05) is 6.61 Å². The fourth-order valence-electron chi connectivity index (χ4n) is 10.7. The van der Waals surface area contributed by atoms with E-state index in [4.69, 9.17) is 18.9 Å². The fraction of sp³-hybridized carbons (Fsp3) is 0.769. The molecule has 0 amide bonds. The number of hydrogen-bond donors (Lipinski definition) is 4. The van der Waals surface area contributed by atoms with E-state index in [0.29, 0.717) is 25.0 Å². The van der Waals surface area contributed by atoms with Crippen LogP contribution in [-0.4, -0.2) is 86.7 Å². The maximum absolute atomic E-state index is 14.0. The molecule has 5 aliphatic rings. The number of hydrogen-bond acceptors (Lipinski definition) is 11. The monoisotopic (exact) mass is 702 g/mol. The van der Waals surface area contributed by atoms with Gasteiger partial charge in [0.2, 0.25) is 0 Å². The number of aliphatic hydroxyl groups is 4. The normalized spacial score (nSPS) is 42.3. The molecule has 7 unspecified atom stereocenters. The van der Waals surface area contributed by atoms with Gasteiger partial charge in [0.25, 0.3) is 0 Å². The van der Waals surface area contributed by atoms with E-state index in [9.17, 15) is 34.8 Å². The average molecular weight is 703 g/mol. The van der Waals surface area contributed by atoms with E-state index in [0.717, 1.165) is 12.8 Å². The highest BCUT2D eigenvalue weighted by atomic mass is 16.7. The smallest absolute Gasteiger partial charge is 0.303 e. The zero-order chi connectivity index (χ0) is 37.4. The van der Waals surface area contributed by atoms with Crippen LogP contribution < -0.4 is 0 Å². The maximum Gasteiger partial charge on any atom is 0.303 e. The Morgan fingerprint density at radius 1 is 0.960 bits per heavy atom. The van der Waals surface area contributed by atoms with Crippen molar-refractivity contribution in [3.05, 3.63) is 35.6 Å². The number of carbonyl (C=O) groups excluding carboxylic acids is 3. The van der Waals surface area contributed by atoms with Gasteiger partial charge in [0.1, 0.15) is 11.7 Å². The van der Waals surface area contributed by atoms with Gasteiger partial charge in [-0.15, -0.1) is 0 Å². The first-order valence-corrected chi connectivity index (χ1v) is 18.0. The van der Waals surface area contributed by atoms with Gasteiger partial charge in [-0.05, 0) is 86.2 Å². The average Bonchev–Trinajstić information content (AvgIpc) is 3.20. The predicted molar refractivity (Wildman–Crippen MR) is 183 cm³/mol. The van der Waals surface area contributed by atoms with Gasteiger partial charge >= 0.3 is 11.9 Å². The highest BCUT2D eigenvalue weighted by Crippen LogP contribution is 2.75. The number of esters is 2. The Labute approximate surface area is 296 Å². The molecule has 1 heterocycles. The van der Waals surface area contributed by atoms with Gasteiger partial charge in [-0.2, -0.15) is 0 Å². The molecule has 0 aromatic rings. The summed E-state index contributed by atoms with van der Waals surface area (Å²) in [5.74, 6) is -2.21. The third kappa shape index (κ3) is 6.50. The summed E-state index contributed by atoms with van der Waals surface area (Å²) in [6.45, 7) is 17.7. The SMILES string of the molecule is CC(=O)OC1COC(OC2C[C@@]3(C)[C@@H]4CC=C5[C@H](C=C(O)CC5(C)C)[C@@]4(C)CC[C@]3(C)C2C(C)(O)C(=O)/C=C/C(C)(C)O)C(OC(C)=O)C1O. The molecule has 2 saturated carbocycles. The second-order valence-electron chi connectivity index (χ2n) is 17.8. The molecule has 3 fully saturated rings. The van der Waals surface area contributed by atoms with Crippen LogP contribution in [0.15, 0.2) is 35.6 Å². The highest BCUT2D eigenvalue weighted by molar-refractivity contribution is 5.97. The molecule has 12 atom stereocenters. The first-order chi connectivity index (χ1) is 22.9. The Hall–Kier alpha value is -2.57. The largest absolute Gasteiger partial charge is 0.513 e. The lowest BCUT2D eigenvalue weighted by Gasteiger charge is -2.65. The zero-order valence-corrected chi connectivity index (χ0v) is 31.3. The minimum absolute atomic E-state index is 0.0186. The number of allylic oxidation sites excluding steroid dienone is 4. The summed E-state index contributed by atoms with van der Waals surface area (Å²) in [5.41, 5.74) is -3.51. The second-order valence-corrected chi connectivity index (χ2v) is 17.8. The van der Waals surface area contributed by atoms with E-state index in [1.165, 1.54) is 38.5 Å². The number of ether oxygens (including phenoxy) is 4. The molecule has 0 spiro atoms. The third-order valence-electron chi connectivity index (χ3n) is 13.2. The molecule has 1 saturated heterocycles. The summed E-state index contributed by atoms with van der Waals surface area (Å²) in [7, 11) is 0. The minimum Gasteiger partial charge on any atom is -0.513 e. The van der Waals surface area contributed by atoms with Crippen molar-refractivity contribution in [3.63, 3.8) is 0 Å². The van der Waals surface area contributed by atoms with E-state index < -0.39 is 76.4 Å². The van der Waals surface area contributed by atoms with Crippen LogP contribution in [0.5, 0.6) is 0 Å². The Balaban J connectivity index is 1.59. The molecular formula is C39H58O11. The molecule has 11 heteroatoms.